The topological polar surface area (TPSA) is 131 Å². The first-order valence-electron chi connectivity index (χ1n) is 10.4. The molecular weight excluding hydrogens is 435 g/mol. The first kappa shape index (κ1) is 30.8. The van der Waals surface area contributed by atoms with E-state index in [1.54, 1.807) is 48.5 Å². The van der Waals surface area contributed by atoms with E-state index < -0.39 is 51.0 Å². The number of ether oxygens (including phenoxy) is 7. The molecule has 0 spiro atoms. The second-order valence-electron chi connectivity index (χ2n) is 6.99. The Bertz CT molecular complexity index is 517. The van der Waals surface area contributed by atoms with E-state index in [1.807, 2.05) is 6.92 Å². The van der Waals surface area contributed by atoms with Crippen LogP contribution in [-0.2, 0) is 42.2 Å². The molecular formula is C19H41O11P. The van der Waals surface area contributed by atoms with Gasteiger partial charge >= 0.3 is 7.82 Å². The summed E-state index contributed by atoms with van der Waals surface area (Å²) in [6.07, 6.45) is -4.51. The van der Waals surface area contributed by atoms with Gasteiger partial charge in [0.1, 0.15) is 6.10 Å². The highest BCUT2D eigenvalue weighted by atomic mass is 31.2. The monoisotopic (exact) mass is 476 g/mol. The third-order valence-electron chi connectivity index (χ3n) is 4.17. The van der Waals surface area contributed by atoms with Crippen molar-refractivity contribution in [3.8, 4) is 0 Å². The Morgan fingerprint density at radius 2 is 1.32 bits per heavy atom. The summed E-state index contributed by atoms with van der Waals surface area (Å²) >= 11 is 0. The standard InChI is InChI=1S/C19H41O11P/c1-10-24-16(6)26-13(3)12-19(30-31(20,21)22,14(4)27-17(7)25-11-2)29-18(8)28-15(5)23-9/h13-18H,10-12H2,1-9H3,(H2,20,21,22). The molecule has 7 atom stereocenters. The molecule has 0 aliphatic rings. The molecule has 0 fully saturated rings. The van der Waals surface area contributed by atoms with Gasteiger partial charge in [-0.3, -0.25) is 4.52 Å². The molecule has 0 aliphatic carbocycles. The van der Waals surface area contributed by atoms with Crippen molar-refractivity contribution in [3.05, 3.63) is 0 Å². The normalized spacial score (nSPS) is 20.5. The second kappa shape index (κ2) is 14.9. The zero-order valence-corrected chi connectivity index (χ0v) is 21.0. The summed E-state index contributed by atoms with van der Waals surface area (Å²) in [5.74, 6) is -1.94. The Labute approximate surface area is 185 Å². The van der Waals surface area contributed by atoms with Crippen LogP contribution in [-0.4, -0.2) is 73.3 Å². The molecule has 0 saturated carbocycles. The van der Waals surface area contributed by atoms with E-state index in [4.69, 9.17) is 37.7 Å². The van der Waals surface area contributed by atoms with Crippen LogP contribution in [0.4, 0.5) is 0 Å². The lowest BCUT2D eigenvalue weighted by atomic mass is 10.0. The van der Waals surface area contributed by atoms with Crippen LogP contribution in [0.25, 0.3) is 0 Å². The van der Waals surface area contributed by atoms with Crippen LogP contribution in [0.1, 0.15) is 61.8 Å². The molecule has 0 rings (SSSR count). The van der Waals surface area contributed by atoms with E-state index in [2.05, 4.69) is 0 Å². The van der Waals surface area contributed by atoms with Crippen molar-refractivity contribution >= 4 is 7.82 Å². The number of methoxy groups -OCH3 is 1. The van der Waals surface area contributed by atoms with Crippen LogP contribution in [0.5, 0.6) is 0 Å². The van der Waals surface area contributed by atoms with Crippen molar-refractivity contribution in [3.63, 3.8) is 0 Å². The van der Waals surface area contributed by atoms with Gasteiger partial charge in [0, 0.05) is 26.7 Å². The predicted molar refractivity (Wildman–Crippen MR) is 112 cm³/mol. The third kappa shape index (κ3) is 13.2. The van der Waals surface area contributed by atoms with Crippen molar-refractivity contribution in [1.29, 1.82) is 0 Å². The molecule has 0 radical (unpaired) electrons. The lowest BCUT2D eigenvalue weighted by Gasteiger charge is -2.42. The van der Waals surface area contributed by atoms with Gasteiger partial charge in [-0.15, -0.1) is 0 Å². The molecule has 7 unspecified atom stereocenters. The largest absolute Gasteiger partial charge is 0.472 e. The molecule has 0 aromatic heterocycles. The molecule has 0 amide bonds. The van der Waals surface area contributed by atoms with Gasteiger partial charge < -0.3 is 42.9 Å². The maximum atomic E-state index is 11.9. The van der Waals surface area contributed by atoms with E-state index in [1.165, 1.54) is 7.11 Å². The average molecular weight is 477 g/mol. The fraction of sp³-hybridized carbons (Fsp3) is 1.00. The molecule has 0 aliphatic heterocycles. The van der Waals surface area contributed by atoms with E-state index in [0.717, 1.165) is 0 Å². The minimum Gasteiger partial charge on any atom is -0.356 e. The quantitative estimate of drug-likeness (QED) is 0.223. The summed E-state index contributed by atoms with van der Waals surface area (Å²) in [5.41, 5.74) is 0. The molecule has 11 nitrogen and oxygen atoms in total. The fourth-order valence-electron chi connectivity index (χ4n) is 2.99. The molecule has 0 saturated heterocycles. The van der Waals surface area contributed by atoms with Crippen LogP contribution in [0.15, 0.2) is 0 Å². The van der Waals surface area contributed by atoms with Crippen LogP contribution in [0.3, 0.4) is 0 Å². The van der Waals surface area contributed by atoms with E-state index in [9.17, 15) is 14.4 Å². The lowest BCUT2D eigenvalue weighted by Crippen LogP contribution is -2.52. The van der Waals surface area contributed by atoms with Gasteiger partial charge in [-0.2, -0.15) is 0 Å². The first-order chi connectivity index (χ1) is 14.3. The van der Waals surface area contributed by atoms with Crippen LogP contribution in [0.2, 0.25) is 0 Å². The third-order valence-corrected chi connectivity index (χ3v) is 4.71. The first-order valence-corrected chi connectivity index (χ1v) is 12.0. The maximum Gasteiger partial charge on any atom is 0.472 e. The van der Waals surface area contributed by atoms with Crippen LogP contribution < -0.4 is 0 Å². The smallest absolute Gasteiger partial charge is 0.356 e. The van der Waals surface area contributed by atoms with Crippen molar-refractivity contribution in [2.45, 2.75) is 105 Å². The highest BCUT2D eigenvalue weighted by Gasteiger charge is 2.48. The molecule has 12 heteroatoms. The molecule has 0 heterocycles. The molecule has 0 bridgehead atoms. The van der Waals surface area contributed by atoms with Gasteiger partial charge in [-0.25, -0.2) is 4.57 Å². The van der Waals surface area contributed by atoms with E-state index in [-0.39, 0.29) is 6.42 Å². The second-order valence-corrected chi connectivity index (χ2v) is 8.16. The van der Waals surface area contributed by atoms with Gasteiger partial charge in [-0.1, -0.05) is 0 Å². The average Bonchev–Trinajstić information content (AvgIpc) is 2.59. The molecule has 2 N–H and O–H groups in total. The van der Waals surface area contributed by atoms with Gasteiger partial charge in [0.25, 0.3) is 0 Å². The molecule has 0 aromatic rings. The summed E-state index contributed by atoms with van der Waals surface area (Å²) in [6, 6.07) is 0. The number of hydrogen-bond donors (Lipinski definition) is 2. The van der Waals surface area contributed by atoms with Crippen LogP contribution >= 0.6 is 7.82 Å². The number of phosphoric ester groups is 1. The highest BCUT2D eigenvalue weighted by Crippen LogP contribution is 2.46. The van der Waals surface area contributed by atoms with Crippen molar-refractivity contribution in [2.75, 3.05) is 20.3 Å². The van der Waals surface area contributed by atoms with Gasteiger partial charge in [0.2, 0.25) is 5.79 Å². The SMILES string of the molecule is CCOC(C)OC(C)CC(OC(C)OC(C)OC)(OP(=O)(O)O)C(C)OC(C)OCC. The minimum atomic E-state index is -5.02. The summed E-state index contributed by atoms with van der Waals surface area (Å²) < 4.78 is 56.0. The number of rotatable bonds is 18. The maximum absolute atomic E-state index is 11.9. The Morgan fingerprint density at radius 3 is 1.77 bits per heavy atom. The Balaban J connectivity index is 5.88. The van der Waals surface area contributed by atoms with E-state index >= 15 is 0 Å². The number of hydrogen-bond acceptors (Lipinski definition) is 9. The van der Waals surface area contributed by atoms with Gasteiger partial charge in [0.15, 0.2) is 25.2 Å². The molecule has 31 heavy (non-hydrogen) atoms. The van der Waals surface area contributed by atoms with Crippen molar-refractivity contribution in [2.24, 2.45) is 0 Å². The van der Waals surface area contributed by atoms with E-state index in [0.29, 0.717) is 13.2 Å². The minimum absolute atomic E-state index is 0.107. The zero-order chi connectivity index (χ0) is 24.2. The Kier molecular flexibility index (Phi) is 14.8. The predicted octanol–water partition coefficient (Wildman–Crippen LogP) is 3.13. The van der Waals surface area contributed by atoms with Gasteiger partial charge in [0.05, 0.1) is 6.10 Å². The summed E-state index contributed by atoms with van der Waals surface area (Å²) in [5, 5.41) is 0. The number of phosphoric acid groups is 1. The van der Waals surface area contributed by atoms with Crippen molar-refractivity contribution in [1.82, 2.24) is 0 Å². The lowest BCUT2D eigenvalue weighted by molar-refractivity contribution is -0.354. The van der Waals surface area contributed by atoms with Crippen LogP contribution in [0, 0.1) is 0 Å². The Morgan fingerprint density at radius 1 is 0.806 bits per heavy atom. The fourth-order valence-corrected chi connectivity index (χ4v) is 3.66. The zero-order valence-electron chi connectivity index (χ0n) is 20.1. The molecule has 0 aromatic carbocycles. The summed E-state index contributed by atoms with van der Waals surface area (Å²) in [7, 11) is -3.56. The highest BCUT2D eigenvalue weighted by molar-refractivity contribution is 7.46. The molecule has 188 valence electrons. The Hall–Kier alpha value is -0.170. The summed E-state index contributed by atoms with van der Waals surface area (Å²) in [4.78, 5) is 19.3. The van der Waals surface area contributed by atoms with Gasteiger partial charge in [-0.05, 0) is 55.4 Å². The summed E-state index contributed by atoms with van der Waals surface area (Å²) in [6.45, 7) is 14.3. The van der Waals surface area contributed by atoms with Crippen molar-refractivity contribution < 1.29 is 52.0 Å².